The number of nitrogens with one attached hydrogen (secondary N) is 1. The van der Waals surface area contributed by atoms with E-state index < -0.39 is 26.6 Å². The molecule has 0 heterocycles. The van der Waals surface area contributed by atoms with Gasteiger partial charge in [-0.05, 0) is 12.1 Å². The summed E-state index contributed by atoms with van der Waals surface area (Å²) >= 11 is 3.19. The lowest BCUT2D eigenvalue weighted by Gasteiger charge is -2.11. The Labute approximate surface area is 113 Å². The van der Waals surface area contributed by atoms with Crippen molar-refractivity contribution >= 4 is 26.0 Å². The highest BCUT2D eigenvalue weighted by molar-refractivity contribution is 9.09. The summed E-state index contributed by atoms with van der Waals surface area (Å²) in [5.41, 5.74) is 0. The molecule has 1 rings (SSSR count). The van der Waals surface area contributed by atoms with Crippen LogP contribution < -0.4 is 4.72 Å². The zero-order valence-corrected chi connectivity index (χ0v) is 11.9. The number of halogens is 3. The molecular formula is C10H12BrF2NO3S. The van der Waals surface area contributed by atoms with Crippen molar-refractivity contribution in [2.45, 2.75) is 9.72 Å². The van der Waals surface area contributed by atoms with Crippen molar-refractivity contribution in [1.29, 1.82) is 0 Å². The highest BCUT2D eigenvalue weighted by Crippen LogP contribution is 2.15. The molecule has 0 radical (unpaired) electrons. The van der Waals surface area contributed by atoms with Crippen LogP contribution in [0.4, 0.5) is 8.78 Å². The van der Waals surface area contributed by atoms with Crippen LogP contribution in [0.5, 0.6) is 0 Å². The van der Waals surface area contributed by atoms with Crippen LogP contribution in [0.25, 0.3) is 0 Å². The van der Waals surface area contributed by atoms with E-state index in [0.29, 0.717) is 12.7 Å². The summed E-state index contributed by atoms with van der Waals surface area (Å²) in [6.45, 7) is 0.335. The van der Waals surface area contributed by atoms with Gasteiger partial charge < -0.3 is 4.74 Å². The van der Waals surface area contributed by atoms with Crippen LogP contribution in [0.3, 0.4) is 0 Å². The van der Waals surface area contributed by atoms with Gasteiger partial charge in [0.05, 0.1) is 11.4 Å². The van der Waals surface area contributed by atoms with Crippen molar-refractivity contribution in [2.75, 3.05) is 20.3 Å². The summed E-state index contributed by atoms with van der Waals surface area (Å²) in [5.74, 6) is -1.95. The molecule has 0 saturated carbocycles. The van der Waals surface area contributed by atoms with E-state index >= 15 is 0 Å². The first-order chi connectivity index (χ1) is 8.36. The fourth-order valence-corrected chi connectivity index (χ4v) is 2.99. The number of rotatable bonds is 6. The molecule has 102 valence electrons. The first kappa shape index (κ1) is 15.5. The Bertz CT molecular complexity index is 510. The zero-order chi connectivity index (χ0) is 13.8. The Morgan fingerprint density at radius 3 is 2.67 bits per heavy atom. The number of sulfonamides is 1. The average molecular weight is 344 g/mol. The average Bonchev–Trinajstić information content (AvgIpc) is 2.26. The van der Waals surface area contributed by atoms with Crippen LogP contribution in [0.1, 0.15) is 0 Å². The third-order valence-corrected chi connectivity index (χ3v) is 4.07. The number of ether oxygens (including phenoxy) is 1. The number of methoxy groups -OCH3 is 1. The normalized spacial score (nSPS) is 13.6. The third kappa shape index (κ3) is 4.27. The molecule has 4 nitrogen and oxygen atoms in total. The van der Waals surface area contributed by atoms with Gasteiger partial charge in [0.25, 0.3) is 0 Å². The van der Waals surface area contributed by atoms with Gasteiger partial charge in [-0.1, -0.05) is 15.9 Å². The molecule has 18 heavy (non-hydrogen) atoms. The molecule has 1 N–H and O–H groups in total. The molecule has 0 amide bonds. The number of alkyl halides is 1. The van der Waals surface area contributed by atoms with Crippen LogP contribution in [0, 0.1) is 11.6 Å². The van der Waals surface area contributed by atoms with E-state index in [1.807, 2.05) is 0 Å². The minimum atomic E-state index is -4.00. The van der Waals surface area contributed by atoms with Crippen molar-refractivity contribution in [1.82, 2.24) is 4.72 Å². The van der Waals surface area contributed by atoms with Gasteiger partial charge in [-0.25, -0.2) is 21.9 Å². The SMILES string of the molecule is COCC(Br)CNS(=O)(=O)c1ccc(F)cc1F. The molecule has 0 saturated heterocycles. The van der Waals surface area contributed by atoms with Gasteiger partial charge in [0, 0.05) is 19.7 Å². The van der Waals surface area contributed by atoms with Gasteiger partial charge in [-0.3, -0.25) is 0 Å². The van der Waals surface area contributed by atoms with E-state index in [4.69, 9.17) is 4.74 Å². The minimum absolute atomic E-state index is 0.0347. The Balaban J connectivity index is 2.80. The van der Waals surface area contributed by atoms with Crippen molar-refractivity contribution < 1.29 is 21.9 Å². The Morgan fingerprint density at radius 2 is 2.11 bits per heavy atom. The quantitative estimate of drug-likeness (QED) is 0.799. The van der Waals surface area contributed by atoms with Crippen molar-refractivity contribution in [3.8, 4) is 0 Å². The van der Waals surface area contributed by atoms with Crippen LogP contribution in [-0.2, 0) is 14.8 Å². The van der Waals surface area contributed by atoms with Gasteiger partial charge in [0.1, 0.15) is 16.5 Å². The number of benzene rings is 1. The predicted molar refractivity (Wildman–Crippen MR) is 66.1 cm³/mol. The topological polar surface area (TPSA) is 55.4 Å². The van der Waals surface area contributed by atoms with Crippen molar-refractivity contribution in [2.24, 2.45) is 0 Å². The molecule has 0 bridgehead atoms. The second-order valence-corrected chi connectivity index (χ2v) is 6.51. The van der Waals surface area contributed by atoms with E-state index in [1.54, 1.807) is 0 Å². The van der Waals surface area contributed by atoms with E-state index in [0.717, 1.165) is 12.1 Å². The lowest BCUT2D eigenvalue weighted by atomic mass is 10.3. The molecule has 0 spiro atoms. The third-order valence-electron chi connectivity index (χ3n) is 2.03. The molecule has 1 unspecified atom stereocenters. The second kappa shape index (κ2) is 6.55. The van der Waals surface area contributed by atoms with Gasteiger partial charge in [-0.15, -0.1) is 0 Å². The molecule has 8 heteroatoms. The molecule has 0 fully saturated rings. The van der Waals surface area contributed by atoms with E-state index in [1.165, 1.54) is 7.11 Å². The van der Waals surface area contributed by atoms with Crippen LogP contribution in [0.2, 0.25) is 0 Å². The van der Waals surface area contributed by atoms with E-state index in [-0.39, 0.29) is 11.4 Å². The zero-order valence-electron chi connectivity index (χ0n) is 9.49. The molecule has 1 aromatic rings. The number of hydrogen-bond donors (Lipinski definition) is 1. The number of hydrogen-bond acceptors (Lipinski definition) is 3. The maximum Gasteiger partial charge on any atom is 0.243 e. The molecule has 0 aliphatic heterocycles. The van der Waals surface area contributed by atoms with Gasteiger partial charge in [0.15, 0.2) is 0 Å². The van der Waals surface area contributed by atoms with E-state index in [9.17, 15) is 17.2 Å². The molecule has 0 aromatic heterocycles. The molecular weight excluding hydrogens is 332 g/mol. The Morgan fingerprint density at radius 1 is 1.44 bits per heavy atom. The Kier molecular flexibility index (Phi) is 5.64. The van der Waals surface area contributed by atoms with Crippen LogP contribution in [0.15, 0.2) is 23.1 Å². The van der Waals surface area contributed by atoms with Crippen LogP contribution in [-0.4, -0.2) is 33.5 Å². The standard InChI is InChI=1S/C10H12BrF2NO3S/c1-17-6-7(11)5-14-18(15,16)10-3-2-8(12)4-9(10)13/h2-4,7,14H,5-6H2,1H3. The van der Waals surface area contributed by atoms with Gasteiger partial charge in [0.2, 0.25) is 10.0 Å². The summed E-state index contributed by atoms with van der Waals surface area (Å²) in [5, 5.41) is 0. The maximum atomic E-state index is 13.3. The molecule has 1 atom stereocenters. The molecule has 0 aliphatic carbocycles. The van der Waals surface area contributed by atoms with Crippen LogP contribution >= 0.6 is 15.9 Å². The van der Waals surface area contributed by atoms with E-state index in [2.05, 4.69) is 20.7 Å². The minimum Gasteiger partial charge on any atom is -0.383 e. The highest BCUT2D eigenvalue weighted by atomic mass is 79.9. The van der Waals surface area contributed by atoms with Crippen molar-refractivity contribution in [3.05, 3.63) is 29.8 Å². The maximum absolute atomic E-state index is 13.3. The first-order valence-electron chi connectivity index (χ1n) is 4.94. The largest absolute Gasteiger partial charge is 0.383 e. The summed E-state index contributed by atoms with van der Waals surface area (Å²) in [4.78, 5) is -0.818. The summed E-state index contributed by atoms with van der Waals surface area (Å²) < 4.78 is 56.5. The lowest BCUT2D eigenvalue weighted by molar-refractivity contribution is 0.201. The monoisotopic (exact) mass is 343 g/mol. The smallest absolute Gasteiger partial charge is 0.243 e. The first-order valence-corrected chi connectivity index (χ1v) is 7.34. The van der Waals surface area contributed by atoms with Gasteiger partial charge in [-0.2, -0.15) is 0 Å². The molecule has 0 aliphatic rings. The Hall–Kier alpha value is -0.570. The summed E-state index contributed by atoms with van der Waals surface area (Å²) in [7, 11) is -2.52. The molecule has 1 aromatic carbocycles. The fraction of sp³-hybridized carbons (Fsp3) is 0.400. The summed E-state index contributed by atoms with van der Waals surface area (Å²) in [6, 6.07) is 2.29. The summed E-state index contributed by atoms with van der Waals surface area (Å²) in [6.07, 6.45) is 0. The predicted octanol–water partition coefficient (Wildman–Crippen LogP) is 1.65. The van der Waals surface area contributed by atoms with Crippen molar-refractivity contribution in [3.63, 3.8) is 0 Å². The van der Waals surface area contributed by atoms with Gasteiger partial charge >= 0.3 is 0 Å². The fourth-order valence-electron chi connectivity index (χ4n) is 1.21. The highest BCUT2D eigenvalue weighted by Gasteiger charge is 2.20. The lowest BCUT2D eigenvalue weighted by Crippen LogP contribution is -2.32. The second-order valence-electron chi connectivity index (χ2n) is 3.48.